The Morgan fingerprint density at radius 2 is 2.10 bits per heavy atom. The highest BCUT2D eigenvalue weighted by Gasteiger charge is 2.26. The molecule has 9 nitrogen and oxygen atoms in total. The van der Waals surface area contributed by atoms with Gasteiger partial charge in [-0.25, -0.2) is 4.98 Å². The van der Waals surface area contributed by atoms with Gasteiger partial charge in [-0.3, -0.25) is 24.6 Å². The van der Waals surface area contributed by atoms with Gasteiger partial charge in [0, 0.05) is 37.0 Å². The Morgan fingerprint density at radius 3 is 2.73 bits per heavy atom. The van der Waals surface area contributed by atoms with Crippen molar-refractivity contribution in [1.29, 1.82) is 0 Å². The number of nitrogens with zero attached hydrogens (tertiary/aromatic N) is 3. The minimum atomic E-state index is -0.777. The molecule has 1 fully saturated rings. The standard InChI is InChI=1S/C20H22N4O5S/c1-13(25)21-20-22-17(9-6-14-4-7-16(8-5-14)24(28)29)18(30-20)12-23-10-2-3-15(11-23)19(26)27/h4-9,15H,2-3,10-12H2,1H3,(H,26,27)(H,21,22,25)/b9-6-/t15-/m0/s1. The molecule has 0 spiro atoms. The summed E-state index contributed by atoms with van der Waals surface area (Å²) < 4.78 is 0. The van der Waals surface area contributed by atoms with Crippen molar-refractivity contribution in [2.75, 3.05) is 18.4 Å². The number of non-ortho nitro benzene ring substituents is 1. The van der Waals surface area contributed by atoms with E-state index in [0.29, 0.717) is 30.3 Å². The first-order chi connectivity index (χ1) is 14.3. The molecular formula is C20H22N4O5S. The molecule has 1 atom stereocenters. The highest BCUT2D eigenvalue weighted by Crippen LogP contribution is 2.28. The third kappa shape index (κ3) is 5.71. The van der Waals surface area contributed by atoms with Gasteiger partial charge in [0.25, 0.3) is 5.69 Å². The number of amides is 1. The number of benzene rings is 1. The molecule has 158 valence electrons. The number of nitro groups is 1. The van der Waals surface area contributed by atoms with Crippen LogP contribution in [0.4, 0.5) is 10.8 Å². The Hall–Kier alpha value is -3.11. The number of carbonyl (C=O) groups excluding carboxylic acids is 1. The van der Waals surface area contributed by atoms with Gasteiger partial charge in [0.15, 0.2) is 5.13 Å². The summed E-state index contributed by atoms with van der Waals surface area (Å²) >= 11 is 1.36. The molecular weight excluding hydrogens is 408 g/mol. The van der Waals surface area contributed by atoms with Crippen LogP contribution < -0.4 is 5.32 Å². The Balaban J connectivity index is 1.80. The normalized spacial score (nSPS) is 17.2. The quantitative estimate of drug-likeness (QED) is 0.509. The molecule has 30 heavy (non-hydrogen) atoms. The van der Waals surface area contributed by atoms with E-state index in [2.05, 4.69) is 15.2 Å². The molecule has 0 radical (unpaired) electrons. The average Bonchev–Trinajstić information content (AvgIpc) is 3.07. The minimum absolute atomic E-state index is 0.0209. The zero-order valence-corrected chi connectivity index (χ0v) is 17.2. The number of nitro benzene ring substituents is 1. The topological polar surface area (TPSA) is 126 Å². The number of anilines is 1. The van der Waals surface area contributed by atoms with Crippen LogP contribution in [0, 0.1) is 16.0 Å². The number of hydrogen-bond acceptors (Lipinski definition) is 7. The van der Waals surface area contributed by atoms with E-state index in [0.717, 1.165) is 23.4 Å². The summed E-state index contributed by atoms with van der Waals surface area (Å²) in [6.45, 7) is 3.24. The van der Waals surface area contributed by atoms with Crippen molar-refractivity contribution in [3.63, 3.8) is 0 Å². The van der Waals surface area contributed by atoms with E-state index in [1.54, 1.807) is 24.3 Å². The van der Waals surface area contributed by atoms with Crippen molar-refractivity contribution >= 4 is 46.2 Å². The minimum Gasteiger partial charge on any atom is -0.481 e. The smallest absolute Gasteiger partial charge is 0.307 e. The lowest BCUT2D eigenvalue weighted by atomic mass is 9.98. The first-order valence-corrected chi connectivity index (χ1v) is 10.3. The summed E-state index contributed by atoms with van der Waals surface area (Å²) in [5.41, 5.74) is 1.48. The summed E-state index contributed by atoms with van der Waals surface area (Å²) in [6.07, 6.45) is 5.11. The van der Waals surface area contributed by atoms with Gasteiger partial charge in [0.05, 0.1) is 16.5 Å². The van der Waals surface area contributed by atoms with E-state index < -0.39 is 10.9 Å². The van der Waals surface area contributed by atoms with Crippen molar-refractivity contribution in [3.8, 4) is 0 Å². The van der Waals surface area contributed by atoms with Crippen molar-refractivity contribution in [2.24, 2.45) is 5.92 Å². The third-order valence-electron chi connectivity index (χ3n) is 4.77. The molecule has 1 aromatic heterocycles. The second kappa shape index (κ2) is 9.59. The maximum Gasteiger partial charge on any atom is 0.307 e. The fourth-order valence-electron chi connectivity index (χ4n) is 3.30. The maximum atomic E-state index is 11.4. The van der Waals surface area contributed by atoms with Crippen LogP contribution in [0.3, 0.4) is 0 Å². The summed E-state index contributed by atoms with van der Waals surface area (Å²) in [7, 11) is 0. The van der Waals surface area contributed by atoms with Crippen LogP contribution in [-0.4, -0.2) is 44.9 Å². The van der Waals surface area contributed by atoms with Crippen LogP contribution in [0.25, 0.3) is 12.2 Å². The molecule has 1 saturated heterocycles. The molecule has 0 bridgehead atoms. The molecule has 2 aromatic rings. The van der Waals surface area contributed by atoms with E-state index in [-0.39, 0.29) is 17.5 Å². The Bertz CT molecular complexity index is 970. The fraction of sp³-hybridized carbons (Fsp3) is 0.350. The lowest BCUT2D eigenvalue weighted by molar-refractivity contribution is -0.384. The molecule has 2 heterocycles. The lowest BCUT2D eigenvalue weighted by Crippen LogP contribution is -2.38. The number of thiazole rings is 1. The Labute approximate surface area is 177 Å². The van der Waals surface area contributed by atoms with Gasteiger partial charge >= 0.3 is 5.97 Å². The van der Waals surface area contributed by atoms with Crippen molar-refractivity contribution < 1.29 is 19.6 Å². The molecule has 1 aliphatic heterocycles. The summed E-state index contributed by atoms with van der Waals surface area (Å²) in [5.74, 6) is -1.37. The predicted octanol–water partition coefficient (Wildman–Crippen LogP) is 3.48. The fourth-order valence-corrected chi connectivity index (χ4v) is 4.33. The molecule has 1 amide bonds. The Morgan fingerprint density at radius 1 is 1.37 bits per heavy atom. The van der Waals surface area contributed by atoms with Crippen LogP contribution in [0.5, 0.6) is 0 Å². The van der Waals surface area contributed by atoms with Crippen LogP contribution >= 0.6 is 11.3 Å². The average molecular weight is 430 g/mol. The number of hydrogen-bond donors (Lipinski definition) is 2. The number of aliphatic carboxylic acids is 1. The van der Waals surface area contributed by atoms with Crippen LogP contribution in [0.2, 0.25) is 0 Å². The van der Waals surface area contributed by atoms with Crippen LogP contribution in [0.15, 0.2) is 24.3 Å². The molecule has 10 heteroatoms. The SMILES string of the molecule is CC(=O)Nc1nc(/C=C\c2ccc([N+](=O)[O-])cc2)c(CN2CCC[C@H](C(=O)O)C2)s1. The third-order valence-corrected chi connectivity index (χ3v) is 5.74. The molecule has 0 aliphatic carbocycles. The van der Waals surface area contributed by atoms with Crippen molar-refractivity contribution in [1.82, 2.24) is 9.88 Å². The number of piperidine rings is 1. The van der Waals surface area contributed by atoms with Gasteiger partial charge in [-0.1, -0.05) is 17.4 Å². The number of rotatable bonds is 7. The molecule has 0 saturated carbocycles. The summed E-state index contributed by atoms with van der Waals surface area (Å²) in [4.78, 5) is 40.6. The molecule has 1 aromatic carbocycles. The van der Waals surface area contributed by atoms with Crippen LogP contribution in [0.1, 0.15) is 35.9 Å². The molecule has 2 N–H and O–H groups in total. The van der Waals surface area contributed by atoms with Gasteiger partial charge in [-0.15, -0.1) is 0 Å². The van der Waals surface area contributed by atoms with Crippen LogP contribution in [-0.2, 0) is 16.1 Å². The largest absolute Gasteiger partial charge is 0.481 e. The predicted molar refractivity (Wildman–Crippen MR) is 114 cm³/mol. The summed E-state index contributed by atoms with van der Waals surface area (Å²) in [6, 6.07) is 6.17. The second-order valence-electron chi connectivity index (χ2n) is 7.10. The van der Waals surface area contributed by atoms with Crippen molar-refractivity contribution in [3.05, 3.63) is 50.5 Å². The van der Waals surface area contributed by atoms with E-state index >= 15 is 0 Å². The summed E-state index contributed by atoms with van der Waals surface area (Å²) in [5, 5.41) is 23.3. The van der Waals surface area contributed by atoms with E-state index in [9.17, 15) is 24.8 Å². The zero-order chi connectivity index (χ0) is 21.7. The lowest BCUT2D eigenvalue weighted by Gasteiger charge is -2.30. The Kier molecular flexibility index (Phi) is 6.91. The number of carboxylic acids is 1. The van der Waals surface area contributed by atoms with E-state index in [1.165, 1.54) is 30.4 Å². The maximum absolute atomic E-state index is 11.4. The van der Waals surface area contributed by atoms with Crippen molar-refractivity contribution in [2.45, 2.75) is 26.3 Å². The van der Waals surface area contributed by atoms with Gasteiger partial charge in [0.2, 0.25) is 5.91 Å². The number of carboxylic acid groups (broad SMARTS) is 1. The van der Waals surface area contributed by atoms with E-state index in [1.807, 2.05) is 0 Å². The monoisotopic (exact) mass is 430 g/mol. The van der Waals surface area contributed by atoms with E-state index in [4.69, 9.17) is 0 Å². The van der Waals surface area contributed by atoms with Gasteiger partial charge in [-0.2, -0.15) is 0 Å². The van der Waals surface area contributed by atoms with Gasteiger partial charge in [-0.05, 0) is 43.2 Å². The number of nitrogens with one attached hydrogen (secondary N) is 1. The molecule has 0 unspecified atom stereocenters. The first kappa shape index (κ1) is 21.6. The van der Waals surface area contributed by atoms with Gasteiger partial charge < -0.3 is 10.4 Å². The number of aromatic nitrogens is 1. The molecule has 3 rings (SSSR count). The molecule has 1 aliphatic rings. The second-order valence-corrected chi connectivity index (χ2v) is 8.19. The highest BCUT2D eigenvalue weighted by molar-refractivity contribution is 7.16. The number of likely N-dealkylation sites (tertiary alicyclic amines) is 1. The number of carbonyl (C=O) groups is 2. The first-order valence-electron chi connectivity index (χ1n) is 9.47. The zero-order valence-electron chi connectivity index (χ0n) is 16.4. The highest BCUT2D eigenvalue weighted by atomic mass is 32.1. The van der Waals surface area contributed by atoms with Gasteiger partial charge in [0.1, 0.15) is 0 Å².